The van der Waals surface area contributed by atoms with Gasteiger partial charge in [-0.15, -0.1) is 0 Å². The van der Waals surface area contributed by atoms with Gasteiger partial charge in [-0.2, -0.15) is 0 Å². The Balaban J connectivity index is 4.92. The second-order valence-electron chi connectivity index (χ2n) is 18.0. The summed E-state index contributed by atoms with van der Waals surface area (Å²) in [6.07, 6.45) is 73.7. The predicted molar refractivity (Wildman–Crippen MR) is 315 cm³/mol. The van der Waals surface area contributed by atoms with E-state index in [0.717, 1.165) is 122 Å². The molecule has 3 unspecified atom stereocenters. The van der Waals surface area contributed by atoms with Gasteiger partial charge in [0.1, 0.15) is 12.7 Å². The van der Waals surface area contributed by atoms with E-state index in [9.17, 15) is 28.9 Å². The van der Waals surface area contributed by atoms with E-state index in [0.29, 0.717) is 25.7 Å². The summed E-state index contributed by atoms with van der Waals surface area (Å²) < 4.78 is 39.3. The Kier molecular flexibility index (Phi) is 52.7. The van der Waals surface area contributed by atoms with Gasteiger partial charge < -0.3 is 24.2 Å². The van der Waals surface area contributed by atoms with Crippen LogP contribution >= 0.6 is 7.82 Å². The second-order valence-corrected chi connectivity index (χ2v) is 19.4. The molecule has 0 aliphatic heterocycles. The van der Waals surface area contributed by atoms with Crippen LogP contribution in [0.5, 0.6) is 0 Å². The molecular formula is C64H99O11P. The third kappa shape index (κ3) is 53.9. The molecule has 0 bridgehead atoms. The second kappa shape index (κ2) is 56.3. The van der Waals surface area contributed by atoms with Gasteiger partial charge in [0.05, 0.1) is 19.8 Å². The SMILES string of the molecule is CC/C=C\C/C=C\C/C=C\C/C=C\C/C=C\CCCC(=O)OC(COC(=O)CCCCCCCC/C=C\C/C=C\C/C=C\C/C=C\CC)COP(=O)(O)OCC(CO)OC(=O)CC/C=C\C/C=C\C/C=C\C/C=C\CC. The van der Waals surface area contributed by atoms with Crippen molar-refractivity contribution < 1.29 is 52.2 Å². The van der Waals surface area contributed by atoms with Gasteiger partial charge in [-0.05, 0) is 122 Å². The molecule has 3 atom stereocenters. The van der Waals surface area contributed by atoms with Crippen molar-refractivity contribution in [3.8, 4) is 0 Å². The van der Waals surface area contributed by atoms with Crippen molar-refractivity contribution in [1.82, 2.24) is 0 Å². The molecule has 0 aromatic carbocycles. The summed E-state index contributed by atoms with van der Waals surface area (Å²) in [5.41, 5.74) is 0. The van der Waals surface area contributed by atoms with E-state index in [1.165, 1.54) is 0 Å². The molecule has 12 heteroatoms. The summed E-state index contributed by atoms with van der Waals surface area (Å²) in [5.74, 6) is -1.66. The number of ether oxygens (including phenoxy) is 3. The monoisotopic (exact) mass is 1070 g/mol. The Hall–Kier alpha value is -4.90. The normalized spacial score (nSPS) is 14.5. The maximum absolute atomic E-state index is 12.9. The Morgan fingerprint density at radius 2 is 0.684 bits per heavy atom. The van der Waals surface area contributed by atoms with Gasteiger partial charge in [0.15, 0.2) is 6.10 Å². The molecule has 0 saturated heterocycles. The van der Waals surface area contributed by atoms with Crippen LogP contribution < -0.4 is 0 Å². The fourth-order valence-corrected chi connectivity index (χ4v) is 7.53. The highest BCUT2D eigenvalue weighted by atomic mass is 31.2. The lowest BCUT2D eigenvalue weighted by Crippen LogP contribution is -2.30. The molecule has 0 spiro atoms. The van der Waals surface area contributed by atoms with Gasteiger partial charge >= 0.3 is 25.7 Å². The van der Waals surface area contributed by atoms with E-state index in [-0.39, 0.29) is 25.9 Å². The van der Waals surface area contributed by atoms with Crippen molar-refractivity contribution in [2.75, 3.05) is 26.4 Å². The number of unbranched alkanes of at least 4 members (excludes halogenated alkanes) is 7. The average Bonchev–Trinajstić information content (AvgIpc) is 3.41. The fourth-order valence-electron chi connectivity index (χ4n) is 6.75. The third-order valence-electron chi connectivity index (χ3n) is 10.9. The Morgan fingerprint density at radius 3 is 1.11 bits per heavy atom. The molecule has 0 aromatic rings. The summed E-state index contributed by atoms with van der Waals surface area (Å²) >= 11 is 0. The van der Waals surface area contributed by atoms with Gasteiger partial charge in [0.25, 0.3) is 0 Å². The number of rotatable bonds is 50. The molecule has 0 heterocycles. The van der Waals surface area contributed by atoms with Crippen LogP contribution in [-0.2, 0) is 42.2 Å². The van der Waals surface area contributed by atoms with Crippen LogP contribution in [0.2, 0.25) is 0 Å². The molecule has 11 nitrogen and oxygen atoms in total. The van der Waals surface area contributed by atoms with Crippen LogP contribution in [0.3, 0.4) is 0 Å². The summed E-state index contributed by atoms with van der Waals surface area (Å²) in [5, 5.41) is 9.79. The average molecular weight is 1080 g/mol. The minimum absolute atomic E-state index is 0.0415. The number of hydrogen-bond acceptors (Lipinski definition) is 10. The van der Waals surface area contributed by atoms with Gasteiger partial charge in [-0.25, -0.2) is 4.57 Å². The van der Waals surface area contributed by atoms with Crippen LogP contribution in [-0.4, -0.2) is 66.5 Å². The maximum Gasteiger partial charge on any atom is 0.472 e. The first-order valence-corrected chi connectivity index (χ1v) is 29.9. The quantitative estimate of drug-likeness (QED) is 0.0197. The summed E-state index contributed by atoms with van der Waals surface area (Å²) in [7, 11) is -4.80. The molecule has 76 heavy (non-hydrogen) atoms. The number of esters is 3. The minimum Gasteiger partial charge on any atom is -0.462 e. The summed E-state index contributed by atoms with van der Waals surface area (Å²) in [6.45, 7) is 4.10. The van der Waals surface area contributed by atoms with Gasteiger partial charge in [0.2, 0.25) is 0 Å². The number of carbonyl (C=O) groups is 3. The van der Waals surface area contributed by atoms with Gasteiger partial charge in [-0.1, -0.05) is 204 Å². The standard InChI is InChI=1S/C64H99O11P/c1-4-7-10-13-16-19-22-25-27-29-30-32-33-36-38-41-44-47-50-53-62(66)71-57-61(75-64(68)55-52-49-46-43-40-37-34-31-28-26-23-20-17-14-11-8-5-2)59-73-76(69,70)72-58-60(56-65)74-63(67)54-51-48-45-42-39-35-24-21-18-15-12-9-6-3/h7-12,16-21,25-28,30,32,34-35,37,39,43,45-46,48,60-61,65H,4-6,13-15,22-24,29,31,33,36,38,40-42,44,47,49-59H2,1-3H3,(H,69,70)/b10-7-,11-8-,12-9-,19-16-,20-17-,21-18-,27-25-,28-26-,32-30-,37-34-,39-35-,46-43-,48-45-. The highest BCUT2D eigenvalue weighted by molar-refractivity contribution is 7.47. The summed E-state index contributed by atoms with van der Waals surface area (Å²) in [4.78, 5) is 48.5. The van der Waals surface area contributed by atoms with Crippen molar-refractivity contribution in [2.24, 2.45) is 0 Å². The lowest BCUT2D eigenvalue weighted by atomic mass is 10.1. The zero-order valence-corrected chi connectivity index (χ0v) is 47.8. The first-order valence-electron chi connectivity index (χ1n) is 28.4. The number of aliphatic hydroxyl groups excluding tert-OH is 1. The maximum atomic E-state index is 12.9. The molecular weight excluding hydrogens is 976 g/mol. The first-order chi connectivity index (χ1) is 37.2. The molecule has 2 N–H and O–H groups in total. The van der Waals surface area contributed by atoms with Gasteiger partial charge in [-0.3, -0.25) is 23.4 Å². The molecule has 0 fully saturated rings. The summed E-state index contributed by atoms with van der Waals surface area (Å²) in [6, 6.07) is 0. The predicted octanol–water partition coefficient (Wildman–Crippen LogP) is 16.9. The van der Waals surface area contributed by atoms with E-state index in [2.05, 4.69) is 148 Å². The molecule has 0 aliphatic rings. The zero-order chi connectivity index (χ0) is 55.5. The van der Waals surface area contributed by atoms with Crippen LogP contribution in [0.4, 0.5) is 0 Å². The van der Waals surface area contributed by atoms with Crippen molar-refractivity contribution in [1.29, 1.82) is 0 Å². The van der Waals surface area contributed by atoms with Crippen LogP contribution in [0.25, 0.3) is 0 Å². The molecule has 0 rings (SSSR count). The highest BCUT2D eigenvalue weighted by Gasteiger charge is 2.28. The molecule has 0 aromatic heterocycles. The minimum atomic E-state index is -4.80. The van der Waals surface area contributed by atoms with Gasteiger partial charge in [0, 0.05) is 19.3 Å². The largest absolute Gasteiger partial charge is 0.472 e. The van der Waals surface area contributed by atoms with Crippen LogP contribution in [0.1, 0.15) is 188 Å². The van der Waals surface area contributed by atoms with E-state index in [1.54, 1.807) is 0 Å². The smallest absolute Gasteiger partial charge is 0.462 e. The fraction of sp³-hybridized carbons (Fsp3) is 0.547. The third-order valence-corrected chi connectivity index (χ3v) is 11.9. The van der Waals surface area contributed by atoms with Crippen molar-refractivity contribution in [3.05, 3.63) is 158 Å². The number of aliphatic hydroxyl groups is 1. The molecule has 426 valence electrons. The Bertz CT molecular complexity index is 1880. The van der Waals surface area contributed by atoms with Crippen LogP contribution in [0.15, 0.2) is 158 Å². The van der Waals surface area contributed by atoms with Crippen molar-refractivity contribution in [3.63, 3.8) is 0 Å². The van der Waals surface area contributed by atoms with Crippen LogP contribution in [0, 0.1) is 0 Å². The number of hydrogen-bond donors (Lipinski definition) is 2. The van der Waals surface area contributed by atoms with E-state index < -0.39 is 57.8 Å². The lowest BCUT2D eigenvalue weighted by Gasteiger charge is -2.21. The van der Waals surface area contributed by atoms with E-state index in [1.807, 2.05) is 30.4 Å². The Morgan fingerprint density at radius 1 is 0.368 bits per heavy atom. The molecule has 0 radical (unpaired) electrons. The number of allylic oxidation sites excluding steroid dienone is 26. The number of phosphoric ester groups is 1. The molecule has 0 aliphatic carbocycles. The van der Waals surface area contributed by atoms with Crippen molar-refractivity contribution >= 4 is 25.7 Å². The molecule has 0 amide bonds. The number of carbonyl (C=O) groups excluding carboxylic acids is 3. The zero-order valence-electron chi connectivity index (χ0n) is 46.9. The lowest BCUT2D eigenvalue weighted by molar-refractivity contribution is -0.161. The first kappa shape index (κ1) is 71.1. The Labute approximate surface area is 460 Å². The molecule has 0 saturated carbocycles. The van der Waals surface area contributed by atoms with Crippen molar-refractivity contribution in [2.45, 2.75) is 200 Å². The van der Waals surface area contributed by atoms with E-state index in [4.69, 9.17) is 23.3 Å². The van der Waals surface area contributed by atoms with E-state index >= 15 is 0 Å². The topological polar surface area (TPSA) is 155 Å². The number of phosphoric acid groups is 1. The highest BCUT2D eigenvalue weighted by Crippen LogP contribution is 2.43.